The largest absolute Gasteiger partial charge is 0.346 e. The molecule has 1 unspecified atom stereocenters. The Morgan fingerprint density at radius 2 is 2.47 bits per heavy atom. The highest BCUT2D eigenvalue weighted by Gasteiger charge is 2.12. The Labute approximate surface area is 106 Å². The van der Waals surface area contributed by atoms with Gasteiger partial charge in [0.25, 0.3) is 0 Å². The Morgan fingerprint density at radius 3 is 3.24 bits per heavy atom. The summed E-state index contributed by atoms with van der Waals surface area (Å²) in [6, 6.07) is 4.07. The molecule has 0 aliphatic carbocycles. The zero-order valence-electron chi connectivity index (χ0n) is 10.2. The van der Waals surface area contributed by atoms with E-state index in [2.05, 4.69) is 34.9 Å². The van der Waals surface area contributed by atoms with E-state index >= 15 is 0 Å². The number of nitrogens with one attached hydrogen (secondary N) is 2. The predicted molar refractivity (Wildman–Crippen MR) is 75.2 cm³/mol. The maximum absolute atomic E-state index is 4.30. The second-order valence-corrected chi connectivity index (χ2v) is 5.49. The first kappa shape index (κ1) is 12.2. The van der Waals surface area contributed by atoms with Gasteiger partial charge >= 0.3 is 0 Å². The molecular formula is C13H17N3S. The fourth-order valence-corrected chi connectivity index (χ4v) is 2.92. The molecule has 0 aliphatic heterocycles. The molecule has 2 aromatic rings. The van der Waals surface area contributed by atoms with Crippen LogP contribution in [0.2, 0.25) is 0 Å². The van der Waals surface area contributed by atoms with Gasteiger partial charge in [0.1, 0.15) is 5.65 Å². The van der Waals surface area contributed by atoms with E-state index in [0.29, 0.717) is 5.25 Å². The van der Waals surface area contributed by atoms with Crippen LogP contribution in [0.25, 0.3) is 11.0 Å². The average Bonchev–Trinajstić information content (AvgIpc) is 2.72. The van der Waals surface area contributed by atoms with Crippen molar-refractivity contribution in [2.24, 2.45) is 0 Å². The van der Waals surface area contributed by atoms with Gasteiger partial charge in [-0.3, -0.25) is 0 Å². The third-order valence-corrected chi connectivity index (χ3v) is 3.72. The Kier molecular flexibility index (Phi) is 3.86. The van der Waals surface area contributed by atoms with Gasteiger partial charge in [0.15, 0.2) is 0 Å². The van der Waals surface area contributed by atoms with Crippen LogP contribution in [0.4, 0.5) is 0 Å². The van der Waals surface area contributed by atoms with E-state index in [9.17, 15) is 0 Å². The SMILES string of the molecule is C=C(CNC)SC(C)c1c[nH]c2ncccc12. The summed E-state index contributed by atoms with van der Waals surface area (Å²) >= 11 is 1.79. The first-order valence-electron chi connectivity index (χ1n) is 5.63. The number of H-pyrrole nitrogens is 1. The first-order valence-corrected chi connectivity index (χ1v) is 6.51. The molecule has 0 saturated heterocycles. The second-order valence-electron chi connectivity index (χ2n) is 3.97. The Bertz CT molecular complexity index is 518. The van der Waals surface area contributed by atoms with E-state index in [1.807, 2.05) is 19.3 Å². The van der Waals surface area contributed by atoms with Gasteiger partial charge in [-0.2, -0.15) is 0 Å². The van der Waals surface area contributed by atoms with E-state index < -0.39 is 0 Å². The highest BCUT2D eigenvalue weighted by molar-refractivity contribution is 8.03. The Hall–Kier alpha value is -1.26. The van der Waals surface area contributed by atoms with Crippen LogP contribution in [0.3, 0.4) is 0 Å². The minimum absolute atomic E-state index is 0.383. The number of thioether (sulfide) groups is 1. The maximum Gasteiger partial charge on any atom is 0.137 e. The molecule has 90 valence electrons. The van der Waals surface area contributed by atoms with Gasteiger partial charge in [0, 0.05) is 29.6 Å². The molecule has 4 heteroatoms. The van der Waals surface area contributed by atoms with Crippen molar-refractivity contribution >= 4 is 22.8 Å². The Morgan fingerprint density at radius 1 is 1.65 bits per heavy atom. The molecule has 2 aromatic heterocycles. The van der Waals surface area contributed by atoms with Crippen molar-refractivity contribution in [3.8, 4) is 0 Å². The van der Waals surface area contributed by atoms with Crippen LogP contribution in [-0.4, -0.2) is 23.6 Å². The molecule has 2 rings (SSSR count). The lowest BCUT2D eigenvalue weighted by molar-refractivity contribution is 0.911. The molecule has 0 saturated carbocycles. The number of hydrogen-bond acceptors (Lipinski definition) is 3. The molecule has 0 aromatic carbocycles. The molecule has 2 N–H and O–H groups in total. The summed E-state index contributed by atoms with van der Waals surface area (Å²) in [6.45, 7) is 7.09. The van der Waals surface area contributed by atoms with Crippen LogP contribution in [0, 0.1) is 0 Å². The fraction of sp³-hybridized carbons (Fsp3) is 0.308. The highest BCUT2D eigenvalue weighted by atomic mass is 32.2. The molecule has 3 nitrogen and oxygen atoms in total. The quantitative estimate of drug-likeness (QED) is 0.853. The first-order chi connectivity index (χ1) is 8.22. The fourth-order valence-electron chi connectivity index (χ4n) is 1.87. The lowest BCUT2D eigenvalue weighted by atomic mass is 10.2. The summed E-state index contributed by atoms with van der Waals surface area (Å²) in [7, 11) is 1.94. The summed E-state index contributed by atoms with van der Waals surface area (Å²) in [5.74, 6) is 0. The van der Waals surface area contributed by atoms with Crippen molar-refractivity contribution in [1.29, 1.82) is 0 Å². The van der Waals surface area contributed by atoms with E-state index in [1.54, 1.807) is 18.0 Å². The van der Waals surface area contributed by atoms with Gasteiger partial charge in [-0.25, -0.2) is 4.98 Å². The lowest BCUT2D eigenvalue weighted by Crippen LogP contribution is -2.08. The molecule has 0 fully saturated rings. The smallest absolute Gasteiger partial charge is 0.137 e. The number of rotatable bonds is 5. The summed E-state index contributed by atoms with van der Waals surface area (Å²) in [5.41, 5.74) is 2.24. The summed E-state index contributed by atoms with van der Waals surface area (Å²) in [6.07, 6.45) is 3.85. The number of nitrogens with zero attached hydrogens (tertiary/aromatic N) is 1. The third kappa shape index (κ3) is 2.70. The van der Waals surface area contributed by atoms with Crippen LogP contribution in [-0.2, 0) is 0 Å². The van der Waals surface area contributed by atoms with Crippen molar-refractivity contribution < 1.29 is 0 Å². The standard InChI is InChI=1S/C13H17N3S/c1-9(7-14-3)17-10(2)12-8-16-13-11(12)5-4-6-15-13/h4-6,8,10,14H,1,7H2,2-3H3,(H,15,16). The van der Waals surface area contributed by atoms with E-state index in [1.165, 1.54) is 10.9 Å². The summed E-state index contributed by atoms with van der Waals surface area (Å²) in [5, 5.41) is 4.70. The zero-order valence-corrected chi connectivity index (χ0v) is 11.0. The molecular weight excluding hydrogens is 230 g/mol. The van der Waals surface area contributed by atoms with Crippen LogP contribution in [0.1, 0.15) is 17.7 Å². The molecule has 17 heavy (non-hydrogen) atoms. The van der Waals surface area contributed by atoms with Crippen molar-refractivity contribution in [2.45, 2.75) is 12.2 Å². The van der Waals surface area contributed by atoms with Gasteiger partial charge in [0.05, 0.1) is 0 Å². The van der Waals surface area contributed by atoms with E-state index in [-0.39, 0.29) is 0 Å². The molecule has 0 bridgehead atoms. The second kappa shape index (κ2) is 5.38. The van der Waals surface area contributed by atoms with E-state index in [4.69, 9.17) is 0 Å². The third-order valence-electron chi connectivity index (χ3n) is 2.64. The number of likely N-dealkylation sites (N-methyl/N-ethyl adjacent to an activating group) is 1. The minimum Gasteiger partial charge on any atom is -0.346 e. The van der Waals surface area contributed by atoms with Crippen LogP contribution < -0.4 is 5.32 Å². The molecule has 0 spiro atoms. The highest BCUT2D eigenvalue weighted by Crippen LogP contribution is 2.36. The number of pyridine rings is 1. The lowest BCUT2D eigenvalue weighted by Gasteiger charge is -2.12. The molecule has 0 radical (unpaired) electrons. The Balaban J connectivity index is 2.19. The molecule has 1 atom stereocenters. The van der Waals surface area contributed by atoms with Crippen molar-refractivity contribution in [2.75, 3.05) is 13.6 Å². The van der Waals surface area contributed by atoms with Crippen LogP contribution in [0.5, 0.6) is 0 Å². The molecule has 0 aliphatic rings. The van der Waals surface area contributed by atoms with Crippen molar-refractivity contribution in [3.05, 3.63) is 41.6 Å². The van der Waals surface area contributed by atoms with Gasteiger partial charge in [0.2, 0.25) is 0 Å². The monoisotopic (exact) mass is 247 g/mol. The van der Waals surface area contributed by atoms with Crippen LogP contribution >= 0.6 is 11.8 Å². The van der Waals surface area contributed by atoms with Gasteiger partial charge < -0.3 is 10.3 Å². The predicted octanol–water partition coefficient (Wildman–Crippen LogP) is 3.09. The number of fused-ring (bicyclic) bond motifs is 1. The number of aromatic amines is 1. The maximum atomic E-state index is 4.30. The zero-order chi connectivity index (χ0) is 12.3. The minimum atomic E-state index is 0.383. The van der Waals surface area contributed by atoms with Gasteiger partial charge in [-0.1, -0.05) is 6.58 Å². The molecule has 2 heterocycles. The average molecular weight is 247 g/mol. The van der Waals surface area contributed by atoms with Crippen molar-refractivity contribution in [3.63, 3.8) is 0 Å². The number of hydrogen-bond donors (Lipinski definition) is 2. The summed E-state index contributed by atoms with van der Waals surface area (Å²) < 4.78 is 0. The summed E-state index contributed by atoms with van der Waals surface area (Å²) in [4.78, 5) is 8.66. The number of aromatic nitrogens is 2. The van der Waals surface area contributed by atoms with Gasteiger partial charge in [-0.15, -0.1) is 11.8 Å². The normalized spacial score (nSPS) is 12.8. The van der Waals surface area contributed by atoms with Gasteiger partial charge in [-0.05, 0) is 36.6 Å². The topological polar surface area (TPSA) is 40.7 Å². The molecule has 0 amide bonds. The van der Waals surface area contributed by atoms with Crippen LogP contribution in [0.15, 0.2) is 36.0 Å². The van der Waals surface area contributed by atoms with Crippen molar-refractivity contribution in [1.82, 2.24) is 15.3 Å². The van der Waals surface area contributed by atoms with E-state index in [0.717, 1.165) is 17.1 Å².